The molecule has 0 radical (unpaired) electrons. The summed E-state index contributed by atoms with van der Waals surface area (Å²) in [6, 6.07) is 6.66. The summed E-state index contributed by atoms with van der Waals surface area (Å²) in [4.78, 5) is 12.1. The van der Waals surface area contributed by atoms with Crippen molar-refractivity contribution in [1.29, 1.82) is 0 Å². The summed E-state index contributed by atoms with van der Waals surface area (Å²) in [5.74, 6) is 0.588. The molecule has 1 aromatic carbocycles. The van der Waals surface area contributed by atoms with Crippen molar-refractivity contribution in [3.05, 3.63) is 46.2 Å². The first-order chi connectivity index (χ1) is 12.1. The molecule has 5 nitrogen and oxygen atoms in total. The summed E-state index contributed by atoms with van der Waals surface area (Å²) in [7, 11) is 1.97. The number of benzene rings is 1. The third-order valence-corrected chi connectivity index (χ3v) is 4.50. The number of anilines is 1. The summed E-state index contributed by atoms with van der Waals surface area (Å²) >= 11 is 1.67. The molecule has 0 bridgehead atoms. The highest BCUT2D eigenvalue weighted by molar-refractivity contribution is 7.11. The molecule has 2 rings (SSSR count). The lowest BCUT2D eigenvalue weighted by atomic mass is 10.2. The number of guanidine groups is 1. The molecule has 0 saturated carbocycles. The summed E-state index contributed by atoms with van der Waals surface area (Å²) in [5, 5.41) is 7.58. The summed E-state index contributed by atoms with van der Waals surface area (Å²) in [6.07, 6.45) is 2.80. The van der Waals surface area contributed by atoms with E-state index in [9.17, 15) is 4.39 Å². The highest BCUT2D eigenvalue weighted by atomic mass is 32.1. The zero-order chi connectivity index (χ0) is 18.1. The molecule has 2 aromatic rings. The standard InChI is InChI=1S/C18H26FN5S/c1-4-20-18(23-13-17-22-12-14(2)25-17)21-9-6-10-24(3)16-8-5-7-15(19)11-16/h5,7-8,11-12H,4,6,9-10,13H2,1-3H3,(H2,20,21,23). The molecule has 1 aromatic heterocycles. The lowest BCUT2D eigenvalue weighted by Gasteiger charge is -2.19. The molecule has 0 fully saturated rings. The fraction of sp³-hybridized carbons (Fsp3) is 0.444. The van der Waals surface area contributed by atoms with Gasteiger partial charge in [0.2, 0.25) is 0 Å². The molecule has 7 heteroatoms. The van der Waals surface area contributed by atoms with E-state index in [0.29, 0.717) is 6.54 Å². The number of aromatic nitrogens is 1. The Morgan fingerprint density at radius 3 is 2.88 bits per heavy atom. The number of rotatable bonds is 8. The average Bonchev–Trinajstić information content (AvgIpc) is 3.01. The van der Waals surface area contributed by atoms with Crippen molar-refractivity contribution in [2.45, 2.75) is 26.8 Å². The maximum atomic E-state index is 13.3. The fourth-order valence-corrected chi connectivity index (χ4v) is 3.04. The van der Waals surface area contributed by atoms with Gasteiger partial charge in [-0.1, -0.05) is 6.07 Å². The molecule has 0 atom stereocenters. The maximum Gasteiger partial charge on any atom is 0.191 e. The second kappa shape index (κ2) is 9.98. The molecular formula is C18H26FN5S. The van der Waals surface area contributed by atoms with E-state index in [1.165, 1.54) is 10.9 Å². The van der Waals surface area contributed by atoms with E-state index in [0.717, 1.165) is 42.7 Å². The van der Waals surface area contributed by atoms with Crippen LogP contribution in [0.3, 0.4) is 0 Å². The van der Waals surface area contributed by atoms with E-state index in [-0.39, 0.29) is 5.82 Å². The highest BCUT2D eigenvalue weighted by Crippen LogP contribution is 2.14. The number of hydrogen-bond acceptors (Lipinski definition) is 4. The zero-order valence-corrected chi connectivity index (χ0v) is 15.9. The molecule has 0 saturated heterocycles. The van der Waals surface area contributed by atoms with Crippen LogP contribution in [0.4, 0.5) is 10.1 Å². The van der Waals surface area contributed by atoms with Gasteiger partial charge in [-0.05, 0) is 38.5 Å². The van der Waals surface area contributed by atoms with Crippen LogP contribution in [0.1, 0.15) is 23.2 Å². The number of nitrogens with zero attached hydrogens (tertiary/aromatic N) is 3. The highest BCUT2D eigenvalue weighted by Gasteiger charge is 2.03. The van der Waals surface area contributed by atoms with Gasteiger partial charge in [-0.2, -0.15) is 0 Å². The average molecular weight is 364 g/mol. The monoisotopic (exact) mass is 363 g/mol. The molecule has 1 heterocycles. The normalized spacial score (nSPS) is 11.4. The van der Waals surface area contributed by atoms with Gasteiger partial charge in [-0.25, -0.2) is 14.4 Å². The summed E-state index contributed by atoms with van der Waals surface area (Å²) in [5.41, 5.74) is 0.889. The van der Waals surface area contributed by atoms with Crippen LogP contribution in [0.5, 0.6) is 0 Å². The van der Waals surface area contributed by atoms with Crippen molar-refractivity contribution in [2.24, 2.45) is 4.99 Å². The lowest BCUT2D eigenvalue weighted by Crippen LogP contribution is -2.38. The number of thiazole rings is 1. The number of halogens is 1. The molecule has 0 unspecified atom stereocenters. The SMILES string of the molecule is CCNC(=NCc1ncc(C)s1)NCCCN(C)c1cccc(F)c1. The van der Waals surface area contributed by atoms with Gasteiger partial charge in [0, 0.05) is 43.4 Å². The van der Waals surface area contributed by atoms with E-state index >= 15 is 0 Å². The largest absolute Gasteiger partial charge is 0.374 e. The van der Waals surface area contributed by atoms with Gasteiger partial charge in [-0.3, -0.25) is 0 Å². The third kappa shape index (κ3) is 6.70. The van der Waals surface area contributed by atoms with Crippen LogP contribution in [-0.4, -0.2) is 37.6 Å². The van der Waals surface area contributed by atoms with Crippen LogP contribution in [-0.2, 0) is 6.54 Å². The van der Waals surface area contributed by atoms with Crippen molar-refractivity contribution >= 4 is 23.0 Å². The predicted octanol–water partition coefficient (Wildman–Crippen LogP) is 3.17. The molecule has 0 aliphatic heterocycles. The first kappa shape index (κ1) is 19.2. The number of hydrogen-bond donors (Lipinski definition) is 2. The molecule has 25 heavy (non-hydrogen) atoms. The minimum absolute atomic E-state index is 0.207. The molecule has 0 aliphatic carbocycles. The van der Waals surface area contributed by atoms with Gasteiger partial charge in [-0.15, -0.1) is 11.3 Å². The number of nitrogens with one attached hydrogen (secondary N) is 2. The number of aryl methyl sites for hydroxylation is 1. The zero-order valence-electron chi connectivity index (χ0n) is 15.1. The Labute approximate surface area is 153 Å². The van der Waals surface area contributed by atoms with Crippen molar-refractivity contribution in [3.63, 3.8) is 0 Å². The number of aliphatic imine (C=N–C) groups is 1. The van der Waals surface area contributed by atoms with Crippen LogP contribution in [0.2, 0.25) is 0 Å². The van der Waals surface area contributed by atoms with Crippen LogP contribution in [0.25, 0.3) is 0 Å². The Bertz CT molecular complexity index is 686. The van der Waals surface area contributed by atoms with Gasteiger partial charge in [0.1, 0.15) is 10.8 Å². The van der Waals surface area contributed by atoms with Crippen LogP contribution >= 0.6 is 11.3 Å². The Hall–Kier alpha value is -2.15. The molecule has 136 valence electrons. The van der Waals surface area contributed by atoms with E-state index < -0.39 is 0 Å². The van der Waals surface area contributed by atoms with Crippen LogP contribution < -0.4 is 15.5 Å². The molecule has 0 aliphatic rings. The van der Waals surface area contributed by atoms with Gasteiger partial charge in [0.25, 0.3) is 0 Å². The maximum absolute atomic E-state index is 13.3. The fourth-order valence-electron chi connectivity index (χ4n) is 2.33. The minimum Gasteiger partial charge on any atom is -0.374 e. The van der Waals surface area contributed by atoms with Crippen molar-refractivity contribution in [3.8, 4) is 0 Å². The van der Waals surface area contributed by atoms with E-state index in [4.69, 9.17) is 0 Å². The van der Waals surface area contributed by atoms with E-state index in [1.807, 2.05) is 38.1 Å². The third-order valence-electron chi connectivity index (χ3n) is 3.60. The predicted molar refractivity (Wildman–Crippen MR) is 104 cm³/mol. The summed E-state index contributed by atoms with van der Waals surface area (Å²) in [6.45, 7) is 7.11. The second-order valence-electron chi connectivity index (χ2n) is 5.74. The molecular weight excluding hydrogens is 337 g/mol. The minimum atomic E-state index is -0.207. The van der Waals surface area contributed by atoms with Gasteiger partial charge < -0.3 is 15.5 Å². The van der Waals surface area contributed by atoms with E-state index in [1.54, 1.807) is 23.5 Å². The first-order valence-electron chi connectivity index (χ1n) is 8.48. The first-order valence-corrected chi connectivity index (χ1v) is 9.30. The second-order valence-corrected chi connectivity index (χ2v) is 7.06. The Morgan fingerprint density at radius 2 is 2.20 bits per heavy atom. The summed E-state index contributed by atoms with van der Waals surface area (Å²) < 4.78 is 13.3. The van der Waals surface area contributed by atoms with Crippen molar-refractivity contribution in [1.82, 2.24) is 15.6 Å². The van der Waals surface area contributed by atoms with Crippen molar-refractivity contribution in [2.75, 3.05) is 31.6 Å². The topological polar surface area (TPSA) is 52.6 Å². The van der Waals surface area contributed by atoms with Crippen molar-refractivity contribution < 1.29 is 4.39 Å². The van der Waals surface area contributed by atoms with E-state index in [2.05, 4.69) is 20.6 Å². The Kier molecular flexibility index (Phi) is 7.66. The van der Waals surface area contributed by atoms with Crippen LogP contribution in [0, 0.1) is 12.7 Å². The molecule has 0 spiro atoms. The molecule has 0 amide bonds. The quantitative estimate of drug-likeness (QED) is 0.430. The van der Waals surface area contributed by atoms with Gasteiger partial charge in [0.15, 0.2) is 5.96 Å². The van der Waals surface area contributed by atoms with Gasteiger partial charge >= 0.3 is 0 Å². The molecule has 2 N–H and O–H groups in total. The lowest BCUT2D eigenvalue weighted by molar-refractivity contribution is 0.626. The van der Waals surface area contributed by atoms with Crippen LogP contribution in [0.15, 0.2) is 35.5 Å². The van der Waals surface area contributed by atoms with Gasteiger partial charge in [0.05, 0.1) is 6.54 Å². The Balaban J connectivity index is 1.76. The smallest absolute Gasteiger partial charge is 0.191 e. The Morgan fingerprint density at radius 1 is 1.36 bits per heavy atom.